The van der Waals surface area contributed by atoms with Gasteiger partial charge in [-0.2, -0.15) is 0 Å². The number of nitrogens with zero attached hydrogens (tertiary/aromatic N) is 1. The first-order valence-electron chi connectivity index (χ1n) is 6.31. The summed E-state index contributed by atoms with van der Waals surface area (Å²) in [5.74, 6) is -0.0831. The quantitative estimate of drug-likeness (QED) is 0.795. The Hall–Kier alpha value is -1.39. The summed E-state index contributed by atoms with van der Waals surface area (Å²) in [7, 11) is 4.01. The lowest BCUT2D eigenvalue weighted by Crippen LogP contribution is -2.43. The fourth-order valence-electron chi connectivity index (χ4n) is 1.79. The van der Waals surface area contributed by atoms with E-state index in [4.69, 9.17) is 5.73 Å². The summed E-state index contributed by atoms with van der Waals surface area (Å²) in [6, 6.07) is 9.88. The third-order valence-corrected chi connectivity index (χ3v) is 3.05. The minimum absolute atomic E-state index is 0.0831. The van der Waals surface area contributed by atoms with Crippen LogP contribution in [-0.2, 0) is 4.79 Å². The van der Waals surface area contributed by atoms with Crippen molar-refractivity contribution in [3.05, 3.63) is 35.9 Å². The van der Waals surface area contributed by atoms with Gasteiger partial charge in [0, 0.05) is 6.54 Å². The molecule has 0 aliphatic carbocycles. The second kappa shape index (κ2) is 7.13. The molecule has 0 bridgehead atoms. The van der Waals surface area contributed by atoms with Crippen LogP contribution >= 0.6 is 0 Å². The Morgan fingerprint density at radius 3 is 2.44 bits per heavy atom. The van der Waals surface area contributed by atoms with E-state index in [2.05, 4.69) is 22.3 Å². The number of benzene rings is 1. The van der Waals surface area contributed by atoms with E-state index in [9.17, 15) is 4.79 Å². The number of amides is 1. The second-order valence-corrected chi connectivity index (χ2v) is 4.65. The topological polar surface area (TPSA) is 58.4 Å². The molecule has 1 aromatic rings. The zero-order chi connectivity index (χ0) is 13.5. The number of likely N-dealkylation sites (N-methyl/N-ethyl adjacent to an activating group) is 1. The smallest absolute Gasteiger partial charge is 0.236 e. The van der Waals surface area contributed by atoms with Gasteiger partial charge in [0.2, 0.25) is 5.91 Å². The first-order valence-corrected chi connectivity index (χ1v) is 6.31. The summed E-state index contributed by atoms with van der Waals surface area (Å²) in [6.07, 6.45) is 0.657. The number of nitrogens with two attached hydrogens (primary N) is 1. The van der Waals surface area contributed by atoms with Gasteiger partial charge in [0.15, 0.2) is 0 Å². The van der Waals surface area contributed by atoms with E-state index >= 15 is 0 Å². The van der Waals surface area contributed by atoms with Crippen LogP contribution in [0.2, 0.25) is 0 Å². The van der Waals surface area contributed by atoms with Gasteiger partial charge in [-0.25, -0.2) is 0 Å². The maximum absolute atomic E-state index is 11.7. The van der Waals surface area contributed by atoms with Crippen molar-refractivity contribution in [2.75, 3.05) is 20.6 Å². The Balaban J connectivity index is 2.63. The number of hydrogen-bond acceptors (Lipinski definition) is 3. The van der Waals surface area contributed by atoms with E-state index in [1.807, 2.05) is 39.2 Å². The number of carbonyl (C=O) groups is 1. The van der Waals surface area contributed by atoms with Crippen LogP contribution in [0.15, 0.2) is 30.3 Å². The van der Waals surface area contributed by atoms with Crippen molar-refractivity contribution in [3.63, 3.8) is 0 Å². The van der Waals surface area contributed by atoms with Crippen LogP contribution in [0.25, 0.3) is 0 Å². The predicted molar refractivity (Wildman–Crippen MR) is 74.1 cm³/mol. The van der Waals surface area contributed by atoms with Gasteiger partial charge < -0.3 is 16.0 Å². The normalized spacial score (nSPS) is 14.3. The average molecular weight is 249 g/mol. The molecule has 0 fully saturated rings. The standard InChI is InChI=1S/C14H23N3O/c1-4-12(15)14(18)16-10-13(17(2)3)11-8-6-5-7-9-11/h5-9,12-13H,4,10,15H2,1-3H3,(H,16,18)/t12-,13?/m1/s1. The third-order valence-electron chi connectivity index (χ3n) is 3.05. The van der Waals surface area contributed by atoms with Gasteiger partial charge in [0.05, 0.1) is 12.1 Å². The fraction of sp³-hybridized carbons (Fsp3) is 0.500. The minimum atomic E-state index is -0.413. The van der Waals surface area contributed by atoms with E-state index < -0.39 is 6.04 Å². The number of nitrogens with one attached hydrogen (secondary N) is 1. The Morgan fingerprint density at radius 1 is 1.33 bits per heavy atom. The number of carbonyl (C=O) groups excluding carboxylic acids is 1. The fourth-order valence-corrected chi connectivity index (χ4v) is 1.79. The van der Waals surface area contributed by atoms with E-state index in [0.717, 1.165) is 0 Å². The lowest BCUT2D eigenvalue weighted by atomic mass is 10.1. The molecule has 0 spiro atoms. The molecule has 0 saturated carbocycles. The summed E-state index contributed by atoms with van der Waals surface area (Å²) in [4.78, 5) is 13.8. The van der Waals surface area contributed by atoms with Crippen LogP contribution in [0.4, 0.5) is 0 Å². The monoisotopic (exact) mass is 249 g/mol. The van der Waals surface area contributed by atoms with Gasteiger partial charge in [-0.05, 0) is 26.1 Å². The lowest BCUT2D eigenvalue weighted by Gasteiger charge is -2.25. The van der Waals surface area contributed by atoms with Crippen molar-refractivity contribution in [1.29, 1.82) is 0 Å². The molecule has 0 aromatic heterocycles. The Bertz CT molecular complexity index is 365. The van der Waals surface area contributed by atoms with Crippen molar-refractivity contribution in [1.82, 2.24) is 10.2 Å². The second-order valence-electron chi connectivity index (χ2n) is 4.65. The van der Waals surface area contributed by atoms with E-state index in [1.54, 1.807) is 0 Å². The number of hydrogen-bond donors (Lipinski definition) is 2. The third kappa shape index (κ3) is 4.13. The maximum Gasteiger partial charge on any atom is 0.236 e. The molecule has 1 aromatic carbocycles. The SMILES string of the molecule is CC[C@@H](N)C(=O)NCC(c1ccccc1)N(C)C. The molecule has 2 atom stereocenters. The molecule has 1 amide bonds. The first-order chi connectivity index (χ1) is 8.56. The molecule has 0 saturated heterocycles. The molecular formula is C14H23N3O. The molecule has 3 N–H and O–H groups in total. The van der Waals surface area contributed by atoms with Crippen molar-refractivity contribution < 1.29 is 4.79 Å². The van der Waals surface area contributed by atoms with E-state index in [-0.39, 0.29) is 11.9 Å². The van der Waals surface area contributed by atoms with Gasteiger partial charge >= 0.3 is 0 Å². The highest BCUT2D eigenvalue weighted by molar-refractivity contribution is 5.81. The molecule has 4 nitrogen and oxygen atoms in total. The van der Waals surface area contributed by atoms with Crippen molar-refractivity contribution in [2.45, 2.75) is 25.4 Å². The summed E-state index contributed by atoms with van der Waals surface area (Å²) in [5.41, 5.74) is 6.88. The summed E-state index contributed by atoms with van der Waals surface area (Å²) in [5, 5.41) is 2.91. The molecule has 4 heteroatoms. The summed E-state index contributed by atoms with van der Waals surface area (Å²) < 4.78 is 0. The first kappa shape index (κ1) is 14.7. The zero-order valence-corrected chi connectivity index (χ0v) is 11.4. The minimum Gasteiger partial charge on any atom is -0.353 e. The Kier molecular flexibility index (Phi) is 5.82. The molecule has 18 heavy (non-hydrogen) atoms. The highest BCUT2D eigenvalue weighted by atomic mass is 16.2. The van der Waals surface area contributed by atoms with Gasteiger partial charge in [0.25, 0.3) is 0 Å². The Labute approximate surface area is 109 Å². The molecule has 100 valence electrons. The van der Waals surface area contributed by atoms with Crippen LogP contribution < -0.4 is 11.1 Å². The van der Waals surface area contributed by atoms with E-state index in [0.29, 0.717) is 13.0 Å². The van der Waals surface area contributed by atoms with Gasteiger partial charge in [0.1, 0.15) is 0 Å². The summed E-state index contributed by atoms with van der Waals surface area (Å²) >= 11 is 0. The number of rotatable bonds is 6. The van der Waals surface area contributed by atoms with Crippen LogP contribution in [0.1, 0.15) is 24.9 Å². The van der Waals surface area contributed by atoms with Crippen molar-refractivity contribution in [3.8, 4) is 0 Å². The molecule has 0 radical (unpaired) electrons. The van der Waals surface area contributed by atoms with Crippen LogP contribution in [-0.4, -0.2) is 37.5 Å². The molecular weight excluding hydrogens is 226 g/mol. The summed E-state index contributed by atoms with van der Waals surface area (Å²) in [6.45, 7) is 2.48. The largest absolute Gasteiger partial charge is 0.353 e. The molecule has 1 rings (SSSR count). The molecule has 1 unspecified atom stereocenters. The lowest BCUT2D eigenvalue weighted by molar-refractivity contribution is -0.122. The van der Waals surface area contributed by atoms with Crippen LogP contribution in [0, 0.1) is 0 Å². The van der Waals surface area contributed by atoms with Crippen molar-refractivity contribution in [2.24, 2.45) is 5.73 Å². The zero-order valence-electron chi connectivity index (χ0n) is 11.4. The molecule has 0 aliphatic rings. The van der Waals surface area contributed by atoms with Gasteiger partial charge in [-0.3, -0.25) is 4.79 Å². The highest BCUT2D eigenvalue weighted by Gasteiger charge is 2.17. The van der Waals surface area contributed by atoms with Crippen LogP contribution in [0.3, 0.4) is 0 Å². The van der Waals surface area contributed by atoms with Gasteiger partial charge in [-0.1, -0.05) is 37.3 Å². The maximum atomic E-state index is 11.7. The van der Waals surface area contributed by atoms with E-state index in [1.165, 1.54) is 5.56 Å². The average Bonchev–Trinajstić information content (AvgIpc) is 2.38. The molecule has 0 aliphatic heterocycles. The van der Waals surface area contributed by atoms with Crippen molar-refractivity contribution >= 4 is 5.91 Å². The van der Waals surface area contributed by atoms with Crippen LogP contribution in [0.5, 0.6) is 0 Å². The predicted octanol–water partition coefficient (Wildman–Crippen LogP) is 1.14. The molecule has 0 heterocycles. The highest BCUT2D eigenvalue weighted by Crippen LogP contribution is 2.16. The van der Waals surface area contributed by atoms with Gasteiger partial charge in [-0.15, -0.1) is 0 Å². The Morgan fingerprint density at radius 2 is 1.94 bits per heavy atom.